The van der Waals surface area contributed by atoms with Gasteiger partial charge in [-0.05, 0) is 48.5 Å². The van der Waals surface area contributed by atoms with Crippen LogP contribution in [-0.4, -0.2) is 28.6 Å². The Labute approximate surface area is 370 Å². The van der Waals surface area contributed by atoms with E-state index >= 15 is 0 Å². The Morgan fingerprint density at radius 2 is 0.891 bits per heavy atom. The number of carbonyl (C=O) groups excluding carboxylic acids is 2. The van der Waals surface area contributed by atoms with Crippen molar-refractivity contribution in [1.29, 1.82) is 0 Å². The number of amides is 2. The van der Waals surface area contributed by atoms with Crippen LogP contribution < -0.4 is 100 Å². The van der Waals surface area contributed by atoms with Gasteiger partial charge < -0.3 is 31.1 Å². The van der Waals surface area contributed by atoms with Gasteiger partial charge in [-0.1, -0.05) is 73.9 Å². The summed E-state index contributed by atoms with van der Waals surface area (Å²) < 4.78 is 45.3. The second-order valence-corrected chi connectivity index (χ2v) is 13.3. The summed E-state index contributed by atoms with van der Waals surface area (Å²) >= 11 is 0. The van der Waals surface area contributed by atoms with Crippen molar-refractivity contribution < 1.29 is 123 Å². The summed E-state index contributed by atoms with van der Waals surface area (Å²) in [6, 6.07) is 22.5. The molecule has 0 aliphatic heterocycles. The fraction of sp³-hybridized carbons (Fsp3) is 0.0625. The molecule has 0 bridgehead atoms. The smallest absolute Gasteiger partial charge is 0.874 e. The van der Waals surface area contributed by atoms with E-state index in [0.29, 0.717) is 11.4 Å². The molecule has 6 N–H and O–H groups in total. The van der Waals surface area contributed by atoms with E-state index in [-0.39, 0.29) is 97.1 Å². The minimum absolute atomic E-state index is 0. The van der Waals surface area contributed by atoms with Gasteiger partial charge in [-0.25, -0.2) is 27.1 Å². The Kier molecular flexibility index (Phi) is 21.5. The number of primary sulfonamides is 2. The Hall–Kier alpha value is -3.97. The van der Waals surface area contributed by atoms with Gasteiger partial charge in [0.2, 0.25) is 20.0 Å². The first-order valence-corrected chi connectivity index (χ1v) is 17.5. The minimum Gasteiger partial charge on any atom is -0.874 e. The Morgan fingerprint density at radius 1 is 0.582 bits per heavy atom. The van der Waals surface area contributed by atoms with Crippen LogP contribution >= 0.6 is 0 Å². The standard InChI is InChI=1S/2C16H16N4O5S.Co.2Na/c2*1-10(21)15(16(23)18-11-5-3-2-4-6-11)20-19-13-9-12(26(17,24)25)7-8-14(13)22;;;/h2*2-9,21-22H,1H3,(H,18,23)(H2,17,24,25);;;/q;;+2;2*+1/p-4/b15-10+,20-19?;15-10-,20-19?;;;. The summed E-state index contributed by atoms with van der Waals surface area (Å²) in [7, 11) is -8.10. The van der Waals surface area contributed by atoms with Crippen LogP contribution in [0.3, 0.4) is 0 Å². The van der Waals surface area contributed by atoms with E-state index in [1.165, 1.54) is 0 Å². The fourth-order valence-electron chi connectivity index (χ4n) is 3.69. The van der Waals surface area contributed by atoms with Gasteiger partial charge in [0.15, 0.2) is 0 Å². The molecular weight excluding hydrogens is 825 g/mol. The quantitative estimate of drug-likeness (QED) is 0.0512. The topological polar surface area (TPSA) is 320 Å². The van der Waals surface area contributed by atoms with E-state index in [2.05, 4.69) is 31.1 Å². The third kappa shape index (κ3) is 16.3. The molecule has 0 heterocycles. The van der Waals surface area contributed by atoms with Crippen molar-refractivity contribution in [3.8, 4) is 11.5 Å². The Morgan fingerprint density at radius 3 is 1.16 bits per heavy atom. The molecule has 0 aromatic heterocycles. The predicted molar refractivity (Wildman–Crippen MR) is 179 cm³/mol. The molecule has 0 aliphatic carbocycles. The molecule has 0 saturated heterocycles. The van der Waals surface area contributed by atoms with E-state index < -0.39 is 66.3 Å². The van der Waals surface area contributed by atoms with Crippen LogP contribution in [-0.2, 0) is 46.4 Å². The number of hydrogen-bond acceptors (Lipinski definition) is 14. The zero-order valence-electron chi connectivity index (χ0n) is 29.4. The number of carbonyl (C=O) groups is 2. The molecule has 279 valence electrons. The number of allylic oxidation sites excluding steroid dienone is 2. The van der Waals surface area contributed by atoms with Gasteiger partial charge in [-0.15, -0.1) is 21.7 Å². The molecule has 0 unspecified atom stereocenters. The fourth-order valence-corrected chi connectivity index (χ4v) is 4.75. The van der Waals surface area contributed by atoms with Crippen molar-refractivity contribution in [2.45, 2.75) is 23.6 Å². The van der Waals surface area contributed by atoms with E-state index in [1.807, 2.05) is 0 Å². The van der Waals surface area contributed by atoms with Crippen molar-refractivity contribution in [2.24, 2.45) is 30.7 Å². The van der Waals surface area contributed by atoms with Gasteiger partial charge in [-0.3, -0.25) is 9.59 Å². The summed E-state index contributed by atoms with van der Waals surface area (Å²) in [4.78, 5) is 23.7. The minimum atomic E-state index is -4.05. The van der Waals surface area contributed by atoms with E-state index in [9.17, 15) is 46.9 Å². The maximum absolute atomic E-state index is 12.2. The van der Waals surface area contributed by atoms with Crippen LogP contribution in [0.5, 0.6) is 11.5 Å². The zero-order valence-corrected chi connectivity index (χ0v) is 36.1. The molecule has 4 aromatic rings. The van der Waals surface area contributed by atoms with Gasteiger partial charge >= 0.3 is 75.9 Å². The molecular formula is C32H28CoN8Na2O10S2. The third-order valence-corrected chi connectivity index (χ3v) is 8.02. The number of para-hydroxylation sites is 2. The Bertz CT molecular complexity index is 2140. The molecule has 1 radical (unpaired) electrons. The zero-order chi connectivity index (χ0) is 38.6. The summed E-state index contributed by atoms with van der Waals surface area (Å²) in [6.45, 7) is 2.22. The number of nitrogens with one attached hydrogen (secondary N) is 2. The molecule has 0 aliphatic rings. The molecule has 0 spiro atoms. The molecule has 4 rings (SSSR count). The molecule has 0 saturated carbocycles. The summed E-state index contributed by atoms with van der Waals surface area (Å²) in [5.74, 6) is -4.29. The van der Waals surface area contributed by atoms with Crippen molar-refractivity contribution in [3.05, 3.63) is 120 Å². The van der Waals surface area contributed by atoms with Gasteiger partial charge in [0.05, 0.1) is 21.2 Å². The van der Waals surface area contributed by atoms with E-state index in [4.69, 9.17) is 10.3 Å². The second-order valence-electron chi connectivity index (χ2n) is 10.2. The largest absolute Gasteiger partial charge is 2.00 e. The van der Waals surface area contributed by atoms with Gasteiger partial charge in [0.1, 0.15) is 11.4 Å². The summed E-state index contributed by atoms with van der Waals surface area (Å²) in [5, 5.41) is 75.9. The first-order chi connectivity index (χ1) is 24.4. The van der Waals surface area contributed by atoms with E-state index in [1.54, 1.807) is 60.7 Å². The van der Waals surface area contributed by atoms with Crippen LogP contribution in [0, 0.1) is 0 Å². The first kappa shape index (κ1) is 51.0. The van der Waals surface area contributed by atoms with Crippen LogP contribution in [0.2, 0.25) is 0 Å². The SMILES string of the molecule is C/C([O-])=C(/N=Nc1cc(S(N)(=O)=O)ccc1[O-])C(=O)Nc1ccccc1.C/C([O-])=C(\N=Nc1cc(S(N)(=O)=O)ccc1[O-])C(=O)Nc1ccccc1.[Co+2].[Na+].[Na+]. The van der Waals surface area contributed by atoms with Gasteiger partial charge in [0.25, 0.3) is 11.8 Å². The summed E-state index contributed by atoms with van der Waals surface area (Å²) in [6.07, 6.45) is 0. The molecule has 2 amide bonds. The molecule has 23 heteroatoms. The second kappa shape index (κ2) is 23.2. The number of sulfonamides is 2. The summed E-state index contributed by atoms with van der Waals surface area (Å²) in [5.41, 5.74) is -0.964. The van der Waals surface area contributed by atoms with Gasteiger partial charge in [-0.2, -0.15) is 10.2 Å². The van der Waals surface area contributed by atoms with Crippen molar-refractivity contribution in [1.82, 2.24) is 0 Å². The van der Waals surface area contributed by atoms with Crippen LogP contribution in [0.4, 0.5) is 22.7 Å². The van der Waals surface area contributed by atoms with Crippen molar-refractivity contribution in [2.75, 3.05) is 10.6 Å². The number of nitrogens with zero attached hydrogens (tertiary/aromatic N) is 4. The van der Waals surface area contributed by atoms with Crippen LogP contribution in [0.15, 0.2) is 150 Å². The molecule has 0 atom stereocenters. The normalized spacial score (nSPS) is 12.0. The first-order valence-electron chi connectivity index (χ1n) is 14.4. The maximum Gasteiger partial charge on any atom is 2.00 e. The number of anilines is 2. The molecule has 4 aromatic carbocycles. The van der Waals surface area contributed by atoms with Crippen molar-refractivity contribution >= 4 is 54.6 Å². The third-order valence-electron chi connectivity index (χ3n) is 6.19. The molecule has 0 fully saturated rings. The number of benzene rings is 4. The molecule has 55 heavy (non-hydrogen) atoms. The molecule has 18 nitrogen and oxygen atoms in total. The average Bonchev–Trinajstić information content (AvgIpc) is 3.06. The van der Waals surface area contributed by atoms with Gasteiger partial charge in [0, 0.05) is 11.4 Å². The van der Waals surface area contributed by atoms with Crippen molar-refractivity contribution in [3.63, 3.8) is 0 Å². The number of hydrogen-bond donors (Lipinski definition) is 4. The van der Waals surface area contributed by atoms with Crippen LogP contribution in [0.1, 0.15) is 13.8 Å². The predicted octanol–water partition coefficient (Wildman–Crippen LogP) is -4.55. The average molecular weight is 854 g/mol. The number of azo groups is 2. The maximum atomic E-state index is 12.2. The number of nitrogens with two attached hydrogens (primary N) is 2. The van der Waals surface area contributed by atoms with Crippen LogP contribution in [0.25, 0.3) is 0 Å². The van der Waals surface area contributed by atoms with E-state index in [0.717, 1.165) is 50.2 Å². The Balaban J connectivity index is 0.00000101. The monoisotopic (exact) mass is 853 g/mol. The number of rotatable bonds is 10.